The molecule has 170 valence electrons. The summed E-state index contributed by atoms with van der Waals surface area (Å²) in [6, 6.07) is 10.8. The summed E-state index contributed by atoms with van der Waals surface area (Å²) in [6.45, 7) is 5.00. The average molecular weight is 449 g/mol. The Morgan fingerprint density at radius 3 is 2.79 bits per heavy atom. The van der Waals surface area contributed by atoms with Crippen molar-refractivity contribution >= 4 is 23.0 Å². The van der Waals surface area contributed by atoms with E-state index in [0.717, 1.165) is 18.4 Å². The van der Waals surface area contributed by atoms with Crippen molar-refractivity contribution < 1.29 is 13.6 Å². The molecule has 1 fully saturated rings. The normalized spacial score (nSPS) is 18.6. The van der Waals surface area contributed by atoms with E-state index in [-0.39, 0.29) is 29.1 Å². The summed E-state index contributed by atoms with van der Waals surface area (Å²) in [5, 5.41) is 11.4. The summed E-state index contributed by atoms with van der Waals surface area (Å²) in [7, 11) is 0. The molecule has 1 N–H and O–H groups in total. The molecule has 0 spiro atoms. The summed E-state index contributed by atoms with van der Waals surface area (Å²) in [6.07, 6.45) is 4.81. The Morgan fingerprint density at radius 1 is 1.21 bits per heavy atom. The molecule has 9 heteroatoms. The average Bonchev–Trinajstić information content (AvgIpc) is 3.48. The number of nitrogens with zero attached hydrogens (tertiary/aromatic N) is 5. The van der Waals surface area contributed by atoms with Gasteiger partial charge in [0.1, 0.15) is 11.2 Å². The maximum atomic E-state index is 14.9. The highest BCUT2D eigenvalue weighted by molar-refractivity contribution is 5.99. The number of amides is 1. The molecule has 1 aliphatic heterocycles. The fourth-order valence-corrected chi connectivity index (χ4v) is 4.56. The van der Waals surface area contributed by atoms with Crippen LogP contribution in [0.5, 0.6) is 0 Å². The molecule has 2 atom stereocenters. The minimum Gasteiger partial charge on any atom is -0.424 e. The molecule has 2 aromatic heterocycles. The van der Waals surface area contributed by atoms with E-state index < -0.39 is 5.82 Å². The van der Waals surface area contributed by atoms with Gasteiger partial charge in [0.05, 0.1) is 24.0 Å². The fourth-order valence-electron chi connectivity index (χ4n) is 4.56. The third-order valence-electron chi connectivity index (χ3n) is 6.30. The number of benzene rings is 2. The van der Waals surface area contributed by atoms with Gasteiger partial charge in [0.2, 0.25) is 0 Å². The molecule has 2 unspecified atom stereocenters. The zero-order chi connectivity index (χ0) is 22.9. The van der Waals surface area contributed by atoms with Crippen molar-refractivity contribution in [1.82, 2.24) is 24.9 Å². The number of aromatic nitrogens is 4. The topological polar surface area (TPSA) is 89.1 Å². The number of rotatable bonds is 5. The zero-order valence-corrected chi connectivity index (χ0v) is 18.5. The second-order valence-electron chi connectivity index (χ2n) is 8.46. The van der Waals surface area contributed by atoms with E-state index in [0.29, 0.717) is 30.3 Å². The second-order valence-corrected chi connectivity index (χ2v) is 8.46. The number of oxazole rings is 1. The number of nitrogens with one attached hydrogen (secondary N) is 1. The van der Waals surface area contributed by atoms with Gasteiger partial charge in [0, 0.05) is 13.1 Å². The second kappa shape index (κ2) is 8.65. The number of piperidine rings is 1. The van der Waals surface area contributed by atoms with Gasteiger partial charge in [-0.15, -0.1) is 4.80 Å². The van der Waals surface area contributed by atoms with Crippen LogP contribution in [-0.2, 0) is 0 Å². The van der Waals surface area contributed by atoms with Crippen molar-refractivity contribution in [3.05, 3.63) is 65.7 Å². The van der Waals surface area contributed by atoms with Crippen molar-refractivity contribution in [3.8, 4) is 5.69 Å². The molecule has 0 saturated carbocycles. The molecule has 33 heavy (non-hydrogen) atoms. The lowest BCUT2D eigenvalue weighted by Gasteiger charge is -2.40. The van der Waals surface area contributed by atoms with Gasteiger partial charge in [-0.2, -0.15) is 15.2 Å². The number of carbonyl (C=O) groups is 1. The Balaban J connectivity index is 1.45. The monoisotopic (exact) mass is 448 g/mol. The van der Waals surface area contributed by atoms with E-state index in [2.05, 4.69) is 27.4 Å². The lowest BCUT2D eigenvalue weighted by molar-refractivity contribution is 0.0537. The van der Waals surface area contributed by atoms with Gasteiger partial charge in [0.25, 0.3) is 11.9 Å². The lowest BCUT2D eigenvalue weighted by Crippen LogP contribution is -2.51. The predicted molar refractivity (Wildman–Crippen MR) is 122 cm³/mol. The number of para-hydroxylation sites is 2. The first-order valence-electron chi connectivity index (χ1n) is 11.1. The summed E-state index contributed by atoms with van der Waals surface area (Å²) in [5.74, 6) is -0.513. The van der Waals surface area contributed by atoms with E-state index >= 15 is 0 Å². The summed E-state index contributed by atoms with van der Waals surface area (Å²) >= 11 is 0. The summed E-state index contributed by atoms with van der Waals surface area (Å²) in [5.41, 5.74) is 2.52. The van der Waals surface area contributed by atoms with Crippen molar-refractivity contribution in [1.29, 1.82) is 0 Å². The van der Waals surface area contributed by atoms with Crippen LogP contribution in [0.25, 0.3) is 16.8 Å². The third kappa shape index (κ3) is 3.94. The Kier molecular flexibility index (Phi) is 5.53. The van der Waals surface area contributed by atoms with E-state index in [4.69, 9.17) is 4.42 Å². The molecule has 8 nitrogen and oxygen atoms in total. The molecule has 1 amide bonds. The number of anilines is 1. The van der Waals surface area contributed by atoms with Crippen LogP contribution in [0.15, 0.2) is 53.2 Å². The highest BCUT2D eigenvalue weighted by atomic mass is 19.1. The molecule has 4 aromatic rings. The van der Waals surface area contributed by atoms with Gasteiger partial charge in [0.15, 0.2) is 11.4 Å². The molecule has 0 aliphatic carbocycles. The first kappa shape index (κ1) is 21.1. The Morgan fingerprint density at radius 2 is 2.00 bits per heavy atom. The van der Waals surface area contributed by atoms with Gasteiger partial charge in [-0.25, -0.2) is 4.39 Å². The first-order chi connectivity index (χ1) is 16.0. The van der Waals surface area contributed by atoms with E-state index in [1.807, 2.05) is 29.2 Å². The van der Waals surface area contributed by atoms with Gasteiger partial charge in [-0.3, -0.25) is 4.79 Å². The molecular weight excluding hydrogens is 423 g/mol. The van der Waals surface area contributed by atoms with Gasteiger partial charge < -0.3 is 14.6 Å². The smallest absolute Gasteiger partial charge is 0.295 e. The Hall–Kier alpha value is -3.75. The fraction of sp³-hybridized carbons (Fsp3) is 0.333. The molecule has 3 heterocycles. The van der Waals surface area contributed by atoms with Crippen molar-refractivity contribution in [3.63, 3.8) is 0 Å². The number of fused-ring (bicyclic) bond motifs is 1. The molecule has 2 aromatic carbocycles. The van der Waals surface area contributed by atoms with Crippen LogP contribution in [0.2, 0.25) is 0 Å². The summed E-state index contributed by atoms with van der Waals surface area (Å²) in [4.78, 5) is 21.3. The zero-order valence-electron chi connectivity index (χ0n) is 18.5. The van der Waals surface area contributed by atoms with Crippen LogP contribution in [0, 0.1) is 18.7 Å². The molecule has 0 radical (unpaired) electrons. The Labute approximate surface area is 190 Å². The highest BCUT2D eigenvalue weighted by Gasteiger charge is 2.35. The van der Waals surface area contributed by atoms with Gasteiger partial charge >= 0.3 is 0 Å². The number of aryl methyl sites for hydroxylation is 1. The van der Waals surface area contributed by atoms with Crippen molar-refractivity contribution in [2.24, 2.45) is 5.92 Å². The van der Waals surface area contributed by atoms with Crippen LogP contribution in [0.3, 0.4) is 0 Å². The number of carbonyl (C=O) groups excluding carboxylic acids is 1. The third-order valence-corrected chi connectivity index (χ3v) is 6.30. The van der Waals surface area contributed by atoms with E-state index in [1.54, 1.807) is 13.0 Å². The van der Waals surface area contributed by atoms with Crippen molar-refractivity contribution in [2.45, 2.75) is 32.7 Å². The minimum absolute atomic E-state index is 0.0777. The summed E-state index contributed by atoms with van der Waals surface area (Å²) < 4.78 is 20.6. The molecule has 1 aliphatic rings. The van der Waals surface area contributed by atoms with E-state index in [1.165, 1.54) is 23.3 Å². The van der Waals surface area contributed by atoms with Crippen LogP contribution in [0.1, 0.15) is 35.7 Å². The SMILES string of the molecule is Cc1ccc(F)c(-n2nccn2)c1C(=O)N1CCCC(C)C1CNc1nc2ccccc2o1. The van der Waals surface area contributed by atoms with Gasteiger partial charge in [-0.05, 0) is 49.4 Å². The van der Waals surface area contributed by atoms with E-state index in [9.17, 15) is 9.18 Å². The number of halogens is 1. The maximum absolute atomic E-state index is 14.9. The van der Waals surface area contributed by atoms with Crippen LogP contribution < -0.4 is 5.32 Å². The molecule has 0 bridgehead atoms. The van der Waals surface area contributed by atoms with Crippen molar-refractivity contribution in [2.75, 3.05) is 18.4 Å². The van der Waals surface area contributed by atoms with Crippen LogP contribution in [-0.4, -0.2) is 49.9 Å². The number of likely N-dealkylation sites (tertiary alicyclic amines) is 1. The standard InChI is InChI=1S/C24H25FN6O2/c1-15-6-5-13-30(19(15)14-26-24-29-18-7-3-4-8-20(18)33-24)23(32)21-16(2)9-10-17(25)22(21)31-27-11-12-28-31/h3-4,7-12,15,19H,5-6,13-14H2,1-2H3,(H,26,29). The van der Waals surface area contributed by atoms with Gasteiger partial charge in [-0.1, -0.05) is 25.1 Å². The van der Waals surface area contributed by atoms with Crippen LogP contribution >= 0.6 is 0 Å². The molecule has 5 rings (SSSR count). The molecular formula is C24H25FN6O2. The predicted octanol–water partition coefficient (Wildman–Crippen LogP) is 4.21. The maximum Gasteiger partial charge on any atom is 0.295 e. The highest BCUT2D eigenvalue weighted by Crippen LogP contribution is 2.29. The first-order valence-corrected chi connectivity index (χ1v) is 11.1. The number of hydrogen-bond acceptors (Lipinski definition) is 6. The quantitative estimate of drug-likeness (QED) is 0.492. The molecule has 1 saturated heterocycles. The van der Waals surface area contributed by atoms with Crippen LogP contribution in [0.4, 0.5) is 10.4 Å². The minimum atomic E-state index is -0.536. The largest absolute Gasteiger partial charge is 0.424 e. The number of hydrogen-bond donors (Lipinski definition) is 1. The lowest BCUT2D eigenvalue weighted by atomic mass is 9.89. The Bertz CT molecular complexity index is 1250.